The van der Waals surface area contributed by atoms with Crippen LogP contribution in [0.2, 0.25) is 0 Å². The molecule has 0 saturated carbocycles. The highest BCUT2D eigenvalue weighted by Crippen LogP contribution is 2.24. The van der Waals surface area contributed by atoms with Gasteiger partial charge in [-0.3, -0.25) is 4.79 Å². The molecule has 0 aliphatic carbocycles. The van der Waals surface area contributed by atoms with Crippen LogP contribution in [0.1, 0.15) is 36.0 Å². The lowest BCUT2D eigenvalue weighted by molar-refractivity contribution is 0.102. The number of nitrogens with zero attached hydrogens (tertiary/aromatic N) is 2. The fraction of sp³-hybridized carbons (Fsp3) is 0.400. The van der Waals surface area contributed by atoms with Gasteiger partial charge in [-0.1, -0.05) is 12.8 Å². The maximum absolute atomic E-state index is 12.5. The molecule has 6 nitrogen and oxygen atoms in total. The van der Waals surface area contributed by atoms with Gasteiger partial charge in [0.15, 0.2) is 0 Å². The Bertz CT molecular complexity index is 716. The summed E-state index contributed by atoms with van der Waals surface area (Å²) in [6.45, 7) is 2.13. The van der Waals surface area contributed by atoms with Crippen molar-refractivity contribution < 1.29 is 14.3 Å². The van der Waals surface area contributed by atoms with E-state index in [9.17, 15) is 4.79 Å². The number of hydrogen-bond donors (Lipinski definition) is 1. The average Bonchev–Trinajstić information content (AvgIpc) is 2.97. The molecule has 0 bridgehead atoms. The second kappa shape index (κ2) is 8.56. The van der Waals surface area contributed by atoms with E-state index in [0.717, 1.165) is 18.8 Å². The number of aromatic nitrogens is 1. The van der Waals surface area contributed by atoms with Gasteiger partial charge in [-0.25, -0.2) is 4.98 Å². The third kappa shape index (κ3) is 4.45. The van der Waals surface area contributed by atoms with Crippen molar-refractivity contribution in [2.24, 2.45) is 0 Å². The van der Waals surface area contributed by atoms with Crippen LogP contribution in [0, 0.1) is 0 Å². The van der Waals surface area contributed by atoms with E-state index in [0.29, 0.717) is 22.9 Å². The summed E-state index contributed by atoms with van der Waals surface area (Å²) >= 11 is 0. The van der Waals surface area contributed by atoms with Gasteiger partial charge in [-0.15, -0.1) is 0 Å². The monoisotopic (exact) mass is 355 g/mol. The topological polar surface area (TPSA) is 63.7 Å². The molecule has 6 heteroatoms. The Morgan fingerprint density at radius 1 is 1.00 bits per heavy atom. The third-order valence-corrected chi connectivity index (χ3v) is 4.57. The smallest absolute Gasteiger partial charge is 0.257 e. The highest BCUT2D eigenvalue weighted by atomic mass is 16.5. The lowest BCUT2D eigenvalue weighted by atomic mass is 10.2. The van der Waals surface area contributed by atoms with Crippen LogP contribution in [-0.2, 0) is 0 Å². The van der Waals surface area contributed by atoms with E-state index in [1.807, 2.05) is 18.3 Å². The third-order valence-electron chi connectivity index (χ3n) is 4.57. The summed E-state index contributed by atoms with van der Waals surface area (Å²) < 4.78 is 10.4. The Hall–Kier alpha value is -2.76. The summed E-state index contributed by atoms with van der Waals surface area (Å²) in [7, 11) is 3.11. The number of methoxy groups -OCH3 is 2. The van der Waals surface area contributed by atoms with Crippen molar-refractivity contribution in [3.05, 3.63) is 42.1 Å². The molecule has 0 spiro atoms. The quantitative estimate of drug-likeness (QED) is 0.885. The highest BCUT2D eigenvalue weighted by molar-refractivity contribution is 6.04. The number of hydrogen-bond acceptors (Lipinski definition) is 5. The number of ether oxygens (including phenoxy) is 2. The van der Waals surface area contributed by atoms with Crippen LogP contribution in [0.15, 0.2) is 36.5 Å². The van der Waals surface area contributed by atoms with Crippen LogP contribution in [0.25, 0.3) is 0 Å². The van der Waals surface area contributed by atoms with Gasteiger partial charge in [0.25, 0.3) is 5.91 Å². The number of nitrogens with one attached hydrogen (secondary N) is 1. The summed E-state index contributed by atoms with van der Waals surface area (Å²) in [5.74, 6) is 1.41. The number of pyridine rings is 1. The molecule has 1 amide bonds. The largest absolute Gasteiger partial charge is 0.497 e. The standard InChI is InChI=1S/C20H25N3O3/c1-25-17-11-15(12-18(13-17)26-2)20(24)22-19-8-7-16(14-21-19)23-9-5-3-4-6-10-23/h7-8,11-14H,3-6,9-10H2,1-2H3,(H,21,22,24). The fourth-order valence-corrected chi connectivity index (χ4v) is 3.10. The Kier molecular flexibility index (Phi) is 5.94. The molecule has 1 fully saturated rings. The lowest BCUT2D eigenvalue weighted by Gasteiger charge is -2.22. The SMILES string of the molecule is COc1cc(OC)cc(C(=O)Nc2ccc(N3CCCCCC3)cn2)c1. The second-order valence-electron chi connectivity index (χ2n) is 6.36. The number of carbonyl (C=O) groups excluding carboxylic acids is 1. The van der Waals surface area contributed by atoms with Crippen LogP contribution in [0.4, 0.5) is 11.5 Å². The normalized spacial score (nSPS) is 14.5. The molecule has 0 unspecified atom stereocenters. The fourth-order valence-electron chi connectivity index (χ4n) is 3.10. The molecule has 1 aliphatic heterocycles. The van der Waals surface area contributed by atoms with Gasteiger partial charge in [0, 0.05) is 24.7 Å². The summed E-state index contributed by atoms with van der Waals surface area (Å²) in [6.07, 6.45) is 6.85. The highest BCUT2D eigenvalue weighted by Gasteiger charge is 2.13. The molecule has 3 rings (SSSR count). The van der Waals surface area contributed by atoms with Gasteiger partial charge in [0.2, 0.25) is 0 Å². The van der Waals surface area contributed by atoms with Crippen molar-refractivity contribution in [3.63, 3.8) is 0 Å². The Labute approximate surface area is 154 Å². The van der Waals surface area contributed by atoms with E-state index in [4.69, 9.17) is 9.47 Å². The molecule has 1 aromatic carbocycles. The molecular weight excluding hydrogens is 330 g/mol. The summed E-state index contributed by atoms with van der Waals surface area (Å²) in [5.41, 5.74) is 1.56. The van der Waals surface area contributed by atoms with Gasteiger partial charge in [0.1, 0.15) is 17.3 Å². The van der Waals surface area contributed by atoms with Crippen molar-refractivity contribution in [1.29, 1.82) is 0 Å². The second-order valence-corrected chi connectivity index (χ2v) is 6.36. The molecule has 1 N–H and O–H groups in total. The van der Waals surface area contributed by atoms with Gasteiger partial charge in [-0.2, -0.15) is 0 Å². The molecular formula is C20H25N3O3. The van der Waals surface area contributed by atoms with Crippen molar-refractivity contribution in [3.8, 4) is 11.5 Å². The zero-order valence-electron chi connectivity index (χ0n) is 15.3. The maximum atomic E-state index is 12.5. The summed E-state index contributed by atoms with van der Waals surface area (Å²) in [4.78, 5) is 19.3. The predicted octanol–water partition coefficient (Wildman–Crippen LogP) is 3.73. The minimum absolute atomic E-state index is 0.253. The maximum Gasteiger partial charge on any atom is 0.257 e. The molecule has 138 valence electrons. The van der Waals surface area contributed by atoms with Gasteiger partial charge in [0.05, 0.1) is 26.1 Å². The van der Waals surface area contributed by atoms with Crippen LogP contribution in [0.5, 0.6) is 11.5 Å². The molecule has 1 aromatic heterocycles. The predicted molar refractivity (Wildman–Crippen MR) is 102 cm³/mol. The Morgan fingerprint density at radius 2 is 1.65 bits per heavy atom. The van der Waals surface area contributed by atoms with E-state index >= 15 is 0 Å². The average molecular weight is 355 g/mol. The van der Waals surface area contributed by atoms with Crippen molar-refractivity contribution >= 4 is 17.4 Å². The van der Waals surface area contributed by atoms with Crippen molar-refractivity contribution in [2.45, 2.75) is 25.7 Å². The molecule has 26 heavy (non-hydrogen) atoms. The molecule has 1 saturated heterocycles. The Morgan fingerprint density at radius 3 is 2.19 bits per heavy atom. The van der Waals surface area contributed by atoms with Crippen LogP contribution in [-0.4, -0.2) is 38.2 Å². The van der Waals surface area contributed by atoms with Gasteiger partial charge in [-0.05, 0) is 37.1 Å². The number of benzene rings is 1. The zero-order chi connectivity index (χ0) is 18.4. The minimum atomic E-state index is -0.253. The first-order chi connectivity index (χ1) is 12.7. The van der Waals surface area contributed by atoms with E-state index < -0.39 is 0 Å². The van der Waals surface area contributed by atoms with Crippen LogP contribution in [0.3, 0.4) is 0 Å². The molecule has 0 radical (unpaired) electrons. The number of carbonyl (C=O) groups is 1. The Balaban J connectivity index is 1.69. The van der Waals surface area contributed by atoms with Crippen molar-refractivity contribution in [1.82, 2.24) is 4.98 Å². The number of rotatable bonds is 5. The van der Waals surface area contributed by atoms with Crippen LogP contribution >= 0.6 is 0 Å². The zero-order valence-corrected chi connectivity index (χ0v) is 15.3. The van der Waals surface area contributed by atoms with Crippen molar-refractivity contribution in [2.75, 3.05) is 37.5 Å². The van der Waals surface area contributed by atoms with E-state index in [1.165, 1.54) is 25.7 Å². The summed E-state index contributed by atoms with van der Waals surface area (Å²) in [5, 5.41) is 2.82. The first-order valence-electron chi connectivity index (χ1n) is 8.95. The van der Waals surface area contributed by atoms with Gasteiger partial charge < -0.3 is 19.7 Å². The van der Waals surface area contributed by atoms with Gasteiger partial charge >= 0.3 is 0 Å². The summed E-state index contributed by atoms with van der Waals surface area (Å²) in [6, 6.07) is 8.92. The van der Waals surface area contributed by atoms with Crippen LogP contribution < -0.4 is 19.7 Å². The number of anilines is 2. The lowest BCUT2D eigenvalue weighted by Crippen LogP contribution is -2.24. The first-order valence-corrected chi connectivity index (χ1v) is 8.95. The number of amides is 1. The van der Waals surface area contributed by atoms with E-state index in [2.05, 4.69) is 15.2 Å². The molecule has 2 aromatic rings. The first kappa shape index (κ1) is 18.0. The molecule has 1 aliphatic rings. The van der Waals surface area contributed by atoms with E-state index in [-0.39, 0.29) is 5.91 Å². The minimum Gasteiger partial charge on any atom is -0.497 e. The van der Waals surface area contributed by atoms with E-state index in [1.54, 1.807) is 32.4 Å². The molecule has 0 atom stereocenters. The molecule has 2 heterocycles.